The third kappa shape index (κ3) is 11.5. The molecule has 10 aromatic rings. The summed E-state index contributed by atoms with van der Waals surface area (Å²) in [7, 11) is 0. The first-order valence-corrected chi connectivity index (χ1v) is 26.7. The highest BCUT2D eigenvalue weighted by atomic mass is 16.5. The van der Waals surface area contributed by atoms with Crippen LogP contribution in [0.15, 0.2) is 153 Å². The fraction of sp³-hybridized carbons (Fsp3) is 0.194. The van der Waals surface area contributed by atoms with Gasteiger partial charge < -0.3 is 49.1 Å². The summed E-state index contributed by atoms with van der Waals surface area (Å²) in [4.78, 5) is 132. The summed E-state index contributed by atoms with van der Waals surface area (Å²) >= 11 is 0. The minimum atomic E-state index is -1.35. The molecule has 0 aliphatic carbocycles. The molecule has 6 aromatic heterocycles. The molecular formula is C62H54N8O14. The van der Waals surface area contributed by atoms with Gasteiger partial charge in [0.05, 0.1) is 44.2 Å². The summed E-state index contributed by atoms with van der Waals surface area (Å²) in [6, 6.07) is 33.9. The maximum atomic E-state index is 14.2. The average molecular weight is 1140 g/mol. The SMILES string of the molecule is Cc1c(-c2ccc(OCC(=O)NCCCCCCNC(=O)COc3ccc(-c4c(C)c(C(=O)c5ccc6c(=O)n(CC(=O)O)c(=O)[nH]c6c5)n5ccccc45)cc3)cc2)c2ccccn2c1C(=O)c1ccc2c(=O)n(CC(=O)O)c(=O)[nH]c2c1. The van der Waals surface area contributed by atoms with E-state index < -0.39 is 47.5 Å². The Morgan fingerprint density at radius 1 is 0.500 bits per heavy atom. The number of carbonyl (C=O) groups excluding carboxylic acids is 4. The van der Waals surface area contributed by atoms with Crippen LogP contribution in [-0.2, 0) is 32.3 Å². The van der Waals surface area contributed by atoms with Crippen LogP contribution in [0, 0.1) is 13.8 Å². The standard InChI is InChI=1S/C62H54N8O14/c1-35-53(47-11-5-9-27-67(47)55(35)57(77)39-17-23-43-45(29-39)65-61(81)69(59(43)79)31-51(73)74)37-13-19-41(20-14-37)83-33-49(71)63-25-7-3-4-8-26-64-50(72)34-84-42-21-15-38(16-22-42)54-36(2)56(68-28-10-6-12-48(54)68)58(78)40-18-24-44-46(30-40)66-62(82)70(60(44)80)32-52(75)76/h5-6,9-24,27-30H,3-4,7-8,25-26,31-34H2,1-2H3,(H,63,71)(H,64,72)(H,65,81)(H,66,82)(H,73,74)(H,75,76). The first-order chi connectivity index (χ1) is 40.5. The molecule has 0 radical (unpaired) electrons. The zero-order chi connectivity index (χ0) is 59.3. The molecule has 10 rings (SSSR count). The second-order valence-electron chi connectivity index (χ2n) is 20.0. The van der Waals surface area contributed by atoms with Gasteiger partial charge in [0.15, 0.2) is 13.2 Å². The number of hydrogen-bond donors (Lipinski definition) is 6. The van der Waals surface area contributed by atoms with Crippen LogP contribution in [0.3, 0.4) is 0 Å². The topological polar surface area (TPSA) is 304 Å². The second kappa shape index (κ2) is 24.1. The van der Waals surface area contributed by atoms with Gasteiger partial charge in [-0.05, 0) is 122 Å². The summed E-state index contributed by atoms with van der Waals surface area (Å²) in [5, 5.41) is 24.2. The number of aromatic nitrogens is 6. The molecule has 6 heterocycles. The largest absolute Gasteiger partial charge is 0.484 e. The van der Waals surface area contributed by atoms with Crippen molar-refractivity contribution < 1.29 is 48.5 Å². The first kappa shape index (κ1) is 56.4. The lowest BCUT2D eigenvalue weighted by molar-refractivity contribution is -0.138. The number of fused-ring (bicyclic) bond motifs is 4. The fourth-order valence-electron chi connectivity index (χ4n) is 10.5. The molecule has 4 aromatic carbocycles. The number of benzene rings is 4. The molecule has 0 atom stereocenters. The molecule has 426 valence electrons. The van der Waals surface area contributed by atoms with E-state index in [1.807, 2.05) is 62.4 Å². The number of rotatable bonds is 23. The van der Waals surface area contributed by atoms with Crippen LogP contribution in [0.4, 0.5) is 0 Å². The number of hydrogen-bond acceptors (Lipinski definition) is 12. The van der Waals surface area contributed by atoms with Gasteiger partial charge in [0.2, 0.25) is 11.6 Å². The van der Waals surface area contributed by atoms with Gasteiger partial charge in [-0.2, -0.15) is 0 Å². The third-order valence-corrected chi connectivity index (χ3v) is 14.5. The molecule has 0 saturated heterocycles. The fourth-order valence-corrected chi connectivity index (χ4v) is 10.5. The highest BCUT2D eigenvalue weighted by Crippen LogP contribution is 2.37. The van der Waals surface area contributed by atoms with E-state index in [4.69, 9.17) is 19.7 Å². The number of nitrogens with one attached hydrogen (secondary N) is 4. The summed E-state index contributed by atoms with van der Waals surface area (Å²) in [5.74, 6) is -3.05. The van der Waals surface area contributed by atoms with Crippen molar-refractivity contribution in [2.75, 3.05) is 26.3 Å². The highest BCUT2D eigenvalue weighted by Gasteiger charge is 2.26. The van der Waals surface area contributed by atoms with Crippen molar-refractivity contribution in [1.82, 2.24) is 38.5 Å². The second-order valence-corrected chi connectivity index (χ2v) is 20.0. The number of carboxylic acids is 2. The van der Waals surface area contributed by atoms with Gasteiger partial charge >= 0.3 is 23.3 Å². The summed E-state index contributed by atoms with van der Waals surface area (Å²) < 4.78 is 16.3. The van der Waals surface area contributed by atoms with Gasteiger partial charge in [-0.25, -0.2) is 18.7 Å². The molecule has 2 amide bonds. The quantitative estimate of drug-likeness (QED) is 0.0315. The van der Waals surface area contributed by atoms with Crippen LogP contribution in [0.1, 0.15) is 68.9 Å². The minimum Gasteiger partial charge on any atom is -0.484 e. The van der Waals surface area contributed by atoms with E-state index in [-0.39, 0.29) is 69.5 Å². The maximum Gasteiger partial charge on any atom is 0.329 e. The number of unbranched alkanes of at least 4 members (excludes halogenated alkanes) is 3. The maximum absolute atomic E-state index is 14.2. The molecule has 84 heavy (non-hydrogen) atoms. The third-order valence-electron chi connectivity index (χ3n) is 14.5. The predicted octanol–water partition coefficient (Wildman–Crippen LogP) is 6.03. The Morgan fingerprint density at radius 2 is 0.893 bits per heavy atom. The van der Waals surface area contributed by atoms with Gasteiger partial charge in [-0.1, -0.05) is 61.4 Å². The van der Waals surface area contributed by atoms with Crippen LogP contribution in [0.2, 0.25) is 0 Å². The van der Waals surface area contributed by atoms with Crippen molar-refractivity contribution >= 4 is 68.2 Å². The number of carboxylic acid groups (broad SMARTS) is 2. The Kier molecular flexibility index (Phi) is 16.1. The van der Waals surface area contributed by atoms with Crippen molar-refractivity contribution in [2.24, 2.45) is 0 Å². The first-order valence-electron chi connectivity index (χ1n) is 26.7. The number of pyridine rings is 2. The molecule has 0 fully saturated rings. The van der Waals surface area contributed by atoms with Crippen LogP contribution < -0.4 is 42.6 Å². The Labute approximate surface area is 475 Å². The number of aromatic amines is 2. The van der Waals surface area contributed by atoms with Crippen LogP contribution in [-0.4, -0.2) is 99.7 Å². The van der Waals surface area contributed by atoms with Gasteiger partial charge in [0, 0.05) is 47.7 Å². The highest BCUT2D eigenvalue weighted by molar-refractivity contribution is 6.14. The Balaban J connectivity index is 0.653. The summed E-state index contributed by atoms with van der Waals surface area (Å²) in [5.41, 5.74) is 4.03. The van der Waals surface area contributed by atoms with Gasteiger partial charge in [0.25, 0.3) is 22.9 Å². The molecule has 6 N–H and O–H groups in total. The summed E-state index contributed by atoms with van der Waals surface area (Å²) in [6.45, 7) is 2.56. The number of ketones is 2. The monoisotopic (exact) mass is 1130 g/mol. The normalized spacial score (nSPS) is 11.3. The number of aliphatic carboxylic acids is 2. The molecule has 0 spiro atoms. The Hall–Kier alpha value is -10.9. The van der Waals surface area contributed by atoms with Crippen LogP contribution >= 0.6 is 0 Å². The predicted molar refractivity (Wildman–Crippen MR) is 310 cm³/mol. The zero-order valence-corrected chi connectivity index (χ0v) is 45.4. The van der Waals surface area contributed by atoms with E-state index in [2.05, 4.69) is 20.6 Å². The number of nitrogens with zero attached hydrogens (tertiary/aromatic N) is 4. The van der Waals surface area contributed by atoms with E-state index >= 15 is 0 Å². The van der Waals surface area contributed by atoms with Gasteiger partial charge in [0.1, 0.15) is 24.6 Å². The van der Waals surface area contributed by atoms with E-state index in [9.17, 15) is 47.9 Å². The molecule has 0 saturated carbocycles. The van der Waals surface area contributed by atoms with E-state index in [0.717, 1.165) is 59.0 Å². The lowest BCUT2D eigenvalue weighted by Crippen LogP contribution is -2.37. The zero-order valence-electron chi connectivity index (χ0n) is 45.4. The van der Waals surface area contributed by atoms with Crippen LogP contribution in [0.25, 0.3) is 55.1 Å². The molecule has 0 bridgehead atoms. The minimum absolute atomic E-state index is 0.0614. The van der Waals surface area contributed by atoms with Crippen molar-refractivity contribution in [3.8, 4) is 33.8 Å². The van der Waals surface area contributed by atoms with Crippen molar-refractivity contribution in [1.29, 1.82) is 0 Å². The van der Waals surface area contributed by atoms with E-state index in [0.29, 0.717) is 56.2 Å². The Bertz CT molecular complexity index is 4260. The molecular weight excluding hydrogens is 1080 g/mol. The van der Waals surface area contributed by atoms with Crippen molar-refractivity contribution in [3.05, 3.63) is 209 Å². The Morgan fingerprint density at radius 3 is 1.27 bits per heavy atom. The van der Waals surface area contributed by atoms with E-state index in [1.54, 1.807) is 57.6 Å². The van der Waals surface area contributed by atoms with Crippen molar-refractivity contribution in [2.45, 2.75) is 52.6 Å². The van der Waals surface area contributed by atoms with Crippen molar-refractivity contribution in [3.63, 3.8) is 0 Å². The number of amides is 2. The lowest BCUT2D eigenvalue weighted by Gasteiger charge is -2.10. The number of carbonyl (C=O) groups is 6. The molecule has 22 nitrogen and oxygen atoms in total. The smallest absolute Gasteiger partial charge is 0.329 e. The average Bonchev–Trinajstić information content (AvgIpc) is 2.60. The van der Waals surface area contributed by atoms with Gasteiger partial charge in [-0.15, -0.1) is 0 Å². The molecule has 0 unspecified atom stereocenters. The number of ether oxygens (including phenoxy) is 2. The molecule has 0 aliphatic heterocycles. The number of H-pyrrole nitrogens is 2. The molecule has 0 aliphatic rings. The van der Waals surface area contributed by atoms with Gasteiger partial charge in [-0.3, -0.25) is 38.4 Å². The molecule has 22 heteroatoms. The summed E-state index contributed by atoms with van der Waals surface area (Å²) in [6.07, 6.45) is 6.64. The lowest BCUT2D eigenvalue weighted by atomic mass is 9.98. The van der Waals surface area contributed by atoms with E-state index in [1.165, 1.54) is 36.4 Å². The van der Waals surface area contributed by atoms with Crippen LogP contribution in [0.5, 0.6) is 11.5 Å².